The van der Waals surface area contributed by atoms with E-state index in [1.165, 1.54) is 54.6 Å². The van der Waals surface area contributed by atoms with Gasteiger partial charge in [-0.15, -0.1) is 34.8 Å². The summed E-state index contributed by atoms with van der Waals surface area (Å²) in [5.41, 5.74) is 4.18. The van der Waals surface area contributed by atoms with Crippen LogP contribution in [-0.4, -0.2) is 59.0 Å². The van der Waals surface area contributed by atoms with E-state index < -0.39 is 52.7 Å². The van der Waals surface area contributed by atoms with E-state index in [4.69, 9.17) is 58.0 Å². The quantitative estimate of drug-likeness (QED) is 0.0360. The molecule has 0 aliphatic heterocycles. The van der Waals surface area contributed by atoms with Crippen LogP contribution in [0.5, 0.6) is 0 Å². The van der Waals surface area contributed by atoms with Crippen LogP contribution in [0.1, 0.15) is 63.6 Å². The second-order valence-electron chi connectivity index (χ2n) is 14.4. The summed E-state index contributed by atoms with van der Waals surface area (Å²) in [6, 6.07) is 24.2. The monoisotopic (exact) mass is 976 g/mol. The molecule has 4 N–H and O–H groups in total. The summed E-state index contributed by atoms with van der Waals surface area (Å²) in [6.07, 6.45) is 1.25. The van der Waals surface area contributed by atoms with Gasteiger partial charge in [0.05, 0.1) is 15.4 Å². The molecule has 0 heterocycles. The topological polar surface area (TPSA) is 200 Å². The highest BCUT2D eigenvalue weighted by molar-refractivity contribution is 6.33. The molecule has 3 atom stereocenters. The number of hydrogen-bond acceptors (Lipinski definition) is 10. The van der Waals surface area contributed by atoms with E-state index in [-0.39, 0.29) is 43.9 Å². The summed E-state index contributed by atoms with van der Waals surface area (Å²) < 4.78 is 0. The molecular weight excluding hydrogens is 938 g/mol. The Hall–Kier alpha value is -6.03. The third-order valence-corrected chi connectivity index (χ3v) is 10.6. The number of alkyl halides is 3. The maximum Gasteiger partial charge on any atom is 0.258 e. The second kappa shape index (κ2) is 23.8. The van der Waals surface area contributed by atoms with Gasteiger partial charge >= 0.3 is 0 Å². The molecule has 19 heteroatoms. The molecule has 5 aromatic carbocycles. The molecular formula is C46H41Cl5N8O6. The standard InChI is InChI=1S/C46H41Cl5N8O6/c1-25(49)35-24-34(54-45(64)41(26(2)60)58-56-39-22-30(10-13-36(39)50)43(62)52-32-8-4-6-28(20-32)16-18-47)12-15-38(35)55-46(65)42(27(3)61)59-57-40-23-31(11-14-37(40)51)44(63)53-33-9-5-7-29(21-33)17-19-48/h4-15,20-25,41-42H,16-19H2,1-3H3,(H,52,62)(H,53,63)(H,54,64)(H,55,65). The van der Waals surface area contributed by atoms with Gasteiger partial charge in [0.15, 0.2) is 11.6 Å². The van der Waals surface area contributed by atoms with Gasteiger partial charge < -0.3 is 21.3 Å². The number of nitrogens with one attached hydrogen (secondary N) is 4. The first-order valence-corrected chi connectivity index (χ1v) is 22.1. The summed E-state index contributed by atoms with van der Waals surface area (Å²) in [6.45, 7) is 3.94. The predicted molar refractivity (Wildman–Crippen MR) is 256 cm³/mol. The lowest BCUT2D eigenvalue weighted by molar-refractivity contribution is -0.127. The molecule has 14 nitrogen and oxygen atoms in total. The number of rotatable bonds is 19. The van der Waals surface area contributed by atoms with Crippen LogP contribution in [0.15, 0.2) is 124 Å². The number of carbonyl (C=O) groups is 6. The number of halogens is 5. The van der Waals surface area contributed by atoms with E-state index in [0.29, 0.717) is 41.5 Å². The first-order valence-electron chi connectivity index (χ1n) is 19.8. The number of carbonyl (C=O) groups excluding carboxylic acids is 6. The Morgan fingerprint density at radius 3 is 1.43 bits per heavy atom. The highest BCUT2D eigenvalue weighted by Crippen LogP contribution is 2.32. The van der Waals surface area contributed by atoms with Crippen LogP contribution in [-0.2, 0) is 32.0 Å². The van der Waals surface area contributed by atoms with Crippen LogP contribution in [0.3, 0.4) is 0 Å². The third-order valence-electron chi connectivity index (χ3n) is 9.39. The minimum Gasteiger partial charge on any atom is -0.324 e. The number of Topliss-reactive ketones (excluding diaryl/α,β-unsaturated/α-hetero) is 2. The fourth-order valence-corrected chi connectivity index (χ4v) is 6.99. The predicted octanol–water partition coefficient (Wildman–Crippen LogP) is 11.7. The van der Waals surface area contributed by atoms with Crippen molar-refractivity contribution >= 4 is 127 Å². The molecule has 0 saturated carbocycles. The molecule has 0 bridgehead atoms. The Balaban J connectivity index is 1.27. The number of benzene rings is 5. The number of azo groups is 2. The van der Waals surface area contributed by atoms with Crippen LogP contribution in [0, 0.1) is 0 Å². The second-order valence-corrected chi connectivity index (χ2v) is 16.6. The fourth-order valence-electron chi connectivity index (χ4n) is 6.07. The minimum absolute atomic E-state index is 0.0352. The molecule has 0 aliphatic rings. The van der Waals surface area contributed by atoms with E-state index in [9.17, 15) is 28.8 Å². The van der Waals surface area contributed by atoms with Gasteiger partial charge in [-0.2, -0.15) is 20.5 Å². The summed E-state index contributed by atoms with van der Waals surface area (Å²) >= 11 is 30.9. The lowest BCUT2D eigenvalue weighted by atomic mass is 10.1. The number of aryl methyl sites for hydroxylation is 2. The van der Waals surface area contributed by atoms with Crippen molar-refractivity contribution in [2.75, 3.05) is 33.0 Å². The van der Waals surface area contributed by atoms with E-state index in [2.05, 4.69) is 41.7 Å². The molecule has 5 rings (SSSR count). The average Bonchev–Trinajstić information content (AvgIpc) is 3.25. The van der Waals surface area contributed by atoms with Crippen LogP contribution < -0.4 is 21.3 Å². The zero-order valence-corrected chi connectivity index (χ0v) is 38.8. The highest BCUT2D eigenvalue weighted by atomic mass is 35.5. The van der Waals surface area contributed by atoms with Crippen LogP contribution in [0.2, 0.25) is 10.0 Å². The third kappa shape index (κ3) is 14.2. The number of nitrogens with zero attached hydrogens (tertiary/aromatic N) is 4. The minimum atomic E-state index is -1.63. The first-order chi connectivity index (χ1) is 31.1. The molecule has 65 heavy (non-hydrogen) atoms. The highest BCUT2D eigenvalue weighted by Gasteiger charge is 2.27. The maximum atomic E-state index is 13.5. The van der Waals surface area contributed by atoms with Crippen molar-refractivity contribution in [2.45, 2.75) is 51.1 Å². The van der Waals surface area contributed by atoms with Crippen molar-refractivity contribution in [3.8, 4) is 0 Å². The van der Waals surface area contributed by atoms with Gasteiger partial charge in [0.25, 0.3) is 23.6 Å². The van der Waals surface area contributed by atoms with E-state index in [1.54, 1.807) is 31.2 Å². The summed E-state index contributed by atoms with van der Waals surface area (Å²) in [5, 5.41) is 26.4. The molecule has 0 fully saturated rings. The summed E-state index contributed by atoms with van der Waals surface area (Å²) in [7, 11) is 0. The lowest BCUT2D eigenvalue weighted by Crippen LogP contribution is -2.32. The molecule has 0 aliphatic carbocycles. The van der Waals surface area contributed by atoms with Gasteiger partial charge in [0.1, 0.15) is 11.4 Å². The van der Waals surface area contributed by atoms with Crippen LogP contribution >= 0.6 is 58.0 Å². The van der Waals surface area contributed by atoms with Gasteiger partial charge in [0.2, 0.25) is 12.1 Å². The lowest BCUT2D eigenvalue weighted by Gasteiger charge is -2.17. The normalized spacial score (nSPS) is 12.6. The maximum absolute atomic E-state index is 13.5. The zero-order valence-electron chi connectivity index (χ0n) is 35.0. The number of ketones is 2. The molecule has 0 spiro atoms. The van der Waals surface area contributed by atoms with Crippen molar-refractivity contribution in [3.05, 3.63) is 141 Å². The molecule has 3 unspecified atom stereocenters. The molecule has 336 valence electrons. The zero-order chi connectivity index (χ0) is 47.2. The van der Waals surface area contributed by atoms with Gasteiger partial charge in [-0.1, -0.05) is 47.5 Å². The first kappa shape index (κ1) is 50.0. The van der Waals surface area contributed by atoms with Crippen molar-refractivity contribution in [1.82, 2.24) is 0 Å². The number of hydrogen-bond donors (Lipinski definition) is 4. The molecule has 0 radical (unpaired) electrons. The molecule has 0 saturated heterocycles. The van der Waals surface area contributed by atoms with Gasteiger partial charge in [0, 0.05) is 45.6 Å². The summed E-state index contributed by atoms with van der Waals surface area (Å²) in [4.78, 5) is 78.4. The number of amides is 4. The van der Waals surface area contributed by atoms with Crippen LogP contribution in [0.4, 0.5) is 34.1 Å². The van der Waals surface area contributed by atoms with Crippen molar-refractivity contribution < 1.29 is 28.8 Å². The Kier molecular flexibility index (Phi) is 18.3. The molecule has 0 aromatic heterocycles. The Labute approximate surface area is 399 Å². The van der Waals surface area contributed by atoms with Crippen molar-refractivity contribution in [1.29, 1.82) is 0 Å². The van der Waals surface area contributed by atoms with E-state index in [1.807, 2.05) is 24.3 Å². The van der Waals surface area contributed by atoms with Gasteiger partial charge in [-0.25, -0.2) is 0 Å². The van der Waals surface area contributed by atoms with Crippen molar-refractivity contribution in [3.63, 3.8) is 0 Å². The fraction of sp³-hybridized carbons (Fsp3) is 0.217. The van der Waals surface area contributed by atoms with Crippen LogP contribution in [0.25, 0.3) is 0 Å². The van der Waals surface area contributed by atoms with Gasteiger partial charge in [-0.05, 0) is 129 Å². The van der Waals surface area contributed by atoms with E-state index in [0.717, 1.165) is 25.0 Å². The Morgan fingerprint density at radius 1 is 0.554 bits per heavy atom. The summed E-state index contributed by atoms with van der Waals surface area (Å²) in [5.74, 6) is -3.06. The van der Waals surface area contributed by atoms with Crippen molar-refractivity contribution in [2.24, 2.45) is 20.5 Å². The molecule has 4 amide bonds. The van der Waals surface area contributed by atoms with E-state index >= 15 is 0 Å². The van der Waals surface area contributed by atoms with Gasteiger partial charge in [-0.3, -0.25) is 28.8 Å². The Bertz CT molecular complexity index is 2680. The average molecular weight is 979 g/mol. The largest absolute Gasteiger partial charge is 0.324 e. The smallest absolute Gasteiger partial charge is 0.258 e. The SMILES string of the molecule is CC(=O)C(N=Nc1cc(C(=O)Nc2cccc(CCCl)c2)ccc1Cl)C(=O)Nc1ccc(NC(=O)C(N=Nc2cc(C(=O)Nc3cccc(CCCl)c3)ccc2Cl)C(C)=O)c(C(C)Cl)c1. The Morgan fingerprint density at radius 2 is 1.00 bits per heavy atom. The molecule has 5 aromatic rings. The number of anilines is 4.